The molecule has 0 unspecified atom stereocenters. The van der Waals surface area contributed by atoms with E-state index >= 15 is 0 Å². The highest BCUT2D eigenvalue weighted by atomic mass is 17.4. The van der Waals surface area contributed by atoms with Gasteiger partial charge in [-0.2, -0.15) is 19.6 Å². The van der Waals surface area contributed by atoms with Gasteiger partial charge in [0.25, 0.3) is 0 Å². The Labute approximate surface area is 421 Å². The first-order valence-corrected chi connectivity index (χ1v) is 28.9. The summed E-state index contributed by atoms with van der Waals surface area (Å²) >= 11 is 0. The van der Waals surface area contributed by atoms with Gasteiger partial charge in [-0.15, -0.1) is 0 Å². The summed E-state index contributed by atoms with van der Waals surface area (Å²) < 4.78 is 12.9. The van der Waals surface area contributed by atoms with E-state index in [4.69, 9.17) is 29.0 Å². The molecule has 2 N–H and O–H groups in total. The van der Waals surface area contributed by atoms with Gasteiger partial charge in [0.2, 0.25) is 23.4 Å². The molecule has 0 radical (unpaired) electrons. The summed E-state index contributed by atoms with van der Waals surface area (Å²) in [4.78, 5) is 77.4. The first kappa shape index (κ1) is 52.6. The van der Waals surface area contributed by atoms with Crippen molar-refractivity contribution in [2.45, 2.75) is 234 Å². The lowest BCUT2D eigenvalue weighted by atomic mass is 9.43. The normalized spacial score (nSPS) is 46.8. The van der Waals surface area contributed by atoms with Gasteiger partial charge in [-0.3, -0.25) is 19.2 Å². The van der Waals surface area contributed by atoms with E-state index in [1.807, 2.05) is 0 Å². The van der Waals surface area contributed by atoms with Crippen LogP contribution in [0.3, 0.4) is 0 Å². The standard InChI is InChI=1S/C58H94N2O10/c1-11-29-59-51(63)23-13-35(3)43-19-21-45-41-17-15-39-33-57(27-25-53(39,7)47(41)31-49(55(43,45)9)65-37(5)61)67-69-58(70-68-57)28-26-54(8)40(34-58)16-18-42-46-22-20-44(36(4)14-24-52(64)60-30-12-2)56(46,10)50(32-48(42)54)66-38(6)62/h35-36,39-50H,11-34H2,1-10H3,(H,59,63)(H,60,64)/t35-,36-,39-,40-,41+,42+,43-,44-,45+,46+,47+,48+,49+,50+,53+,54+,55-,56-,57?,58?/m1/s1. The average Bonchev–Trinajstić information content (AvgIpc) is 3.88. The highest BCUT2D eigenvalue weighted by molar-refractivity contribution is 5.76. The van der Waals surface area contributed by atoms with Crippen molar-refractivity contribution in [3.63, 3.8) is 0 Å². The molecule has 2 amide bonds. The molecule has 1 heterocycles. The lowest BCUT2D eigenvalue weighted by Gasteiger charge is -2.64. The van der Waals surface area contributed by atoms with Gasteiger partial charge in [0, 0.05) is 76.3 Å². The molecule has 0 aromatic rings. The van der Waals surface area contributed by atoms with Crippen LogP contribution in [0.4, 0.5) is 0 Å². The monoisotopic (exact) mass is 979 g/mol. The maximum Gasteiger partial charge on any atom is 0.302 e. The molecule has 0 bridgehead atoms. The van der Waals surface area contributed by atoms with Crippen LogP contribution in [0.1, 0.15) is 210 Å². The van der Waals surface area contributed by atoms with E-state index in [1.54, 1.807) is 13.8 Å². The predicted octanol–water partition coefficient (Wildman–Crippen LogP) is 11.6. The second-order valence-corrected chi connectivity index (χ2v) is 26.4. The van der Waals surface area contributed by atoms with Crippen LogP contribution in [0.15, 0.2) is 0 Å². The maximum absolute atomic E-state index is 12.9. The number of esters is 2. The summed E-state index contributed by atoms with van der Waals surface area (Å²) in [7, 11) is 0. The van der Waals surface area contributed by atoms with Gasteiger partial charge in [0.05, 0.1) is 0 Å². The lowest BCUT2D eigenvalue weighted by Crippen LogP contribution is -2.63. The van der Waals surface area contributed by atoms with Crippen LogP contribution < -0.4 is 10.6 Å². The van der Waals surface area contributed by atoms with Crippen LogP contribution in [0.2, 0.25) is 0 Å². The van der Waals surface area contributed by atoms with Gasteiger partial charge >= 0.3 is 11.9 Å². The Balaban J connectivity index is 0.838. The molecule has 9 rings (SSSR count). The Morgan fingerprint density at radius 3 is 1.29 bits per heavy atom. The van der Waals surface area contributed by atoms with Gasteiger partial charge in [-0.1, -0.05) is 55.4 Å². The SMILES string of the molecule is CCCNC(=O)CC[C@@H](C)[C@H]1CC[C@H]2[C@@H]3CC[C@@H]4CC5(CC[C@]4(C)[C@H]3C[C@H](OC(C)=O)[C@]12C)OOC1(CC[C@@]2(C)[C@H](CC[C@@H]3[C@@H]2C[C@H](OC(C)=O)[C@]2(C)[C@@H]([C@H](C)CCC(=O)NCCC)CC[C@@H]32)C1)OO5. The van der Waals surface area contributed by atoms with E-state index in [0.29, 0.717) is 96.7 Å². The molecule has 12 nitrogen and oxygen atoms in total. The summed E-state index contributed by atoms with van der Waals surface area (Å²) in [6.07, 6.45) is 19.9. The van der Waals surface area contributed by atoms with Crippen LogP contribution in [-0.4, -0.2) is 60.6 Å². The molecule has 0 aromatic heterocycles. The first-order chi connectivity index (χ1) is 33.3. The second kappa shape index (κ2) is 20.1. The summed E-state index contributed by atoms with van der Waals surface area (Å²) in [5.74, 6) is 3.28. The molecule has 9 aliphatic rings. The number of ether oxygens (including phenoxy) is 2. The van der Waals surface area contributed by atoms with Crippen molar-refractivity contribution in [3.8, 4) is 0 Å². The average molecular weight is 979 g/mol. The van der Waals surface area contributed by atoms with Crippen LogP contribution in [0.25, 0.3) is 0 Å². The first-order valence-electron chi connectivity index (χ1n) is 28.9. The van der Waals surface area contributed by atoms with Crippen LogP contribution >= 0.6 is 0 Å². The lowest BCUT2D eigenvalue weighted by molar-refractivity contribution is -0.667. The van der Waals surface area contributed by atoms with Crippen molar-refractivity contribution >= 4 is 23.8 Å². The minimum atomic E-state index is -0.947. The van der Waals surface area contributed by atoms with Crippen LogP contribution in [0.5, 0.6) is 0 Å². The fourth-order valence-electron chi connectivity index (χ4n) is 19.4. The minimum Gasteiger partial charge on any atom is -0.462 e. The van der Waals surface area contributed by atoms with Gasteiger partial charge in [0.15, 0.2) is 0 Å². The molecular weight excluding hydrogens is 885 g/mol. The van der Waals surface area contributed by atoms with Crippen molar-refractivity contribution in [1.82, 2.24) is 10.6 Å². The molecule has 9 fully saturated rings. The Bertz CT molecular complexity index is 1790. The summed E-state index contributed by atoms with van der Waals surface area (Å²) in [6, 6.07) is 0. The molecule has 12 heteroatoms. The zero-order valence-electron chi connectivity index (χ0n) is 45.1. The smallest absolute Gasteiger partial charge is 0.302 e. The fraction of sp³-hybridized carbons (Fsp3) is 0.931. The predicted molar refractivity (Wildman–Crippen MR) is 266 cm³/mol. The number of hydrogen-bond acceptors (Lipinski definition) is 10. The second-order valence-electron chi connectivity index (χ2n) is 26.4. The van der Waals surface area contributed by atoms with Gasteiger partial charge in [-0.25, -0.2) is 0 Å². The number of carbonyl (C=O) groups excluding carboxylic acids is 4. The van der Waals surface area contributed by atoms with Crippen molar-refractivity contribution < 1.29 is 48.2 Å². The van der Waals surface area contributed by atoms with E-state index in [1.165, 1.54) is 0 Å². The van der Waals surface area contributed by atoms with Gasteiger partial charge in [-0.05, 0) is 185 Å². The van der Waals surface area contributed by atoms with Crippen LogP contribution in [-0.2, 0) is 48.2 Å². The van der Waals surface area contributed by atoms with Crippen LogP contribution in [0, 0.1) is 92.7 Å². The third kappa shape index (κ3) is 9.12. The van der Waals surface area contributed by atoms with E-state index in [0.717, 1.165) is 129 Å². The number of hydrogen-bond donors (Lipinski definition) is 2. The number of rotatable bonds is 14. The molecule has 1 saturated heterocycles. The van der Waals surface area contributed by atoms with E-state index < -0.39 is 11.6 Å². The highest BCUT2D eigenvalue weighted by Gasteiger charge is 2.69. The largest absolute Gasteiger partial charge is 0.462 e. The Kier molecular flexibility index (Phi) is 15.1. The molecule has 8 aliphatic carbocycles. The zero-order valence-corrected chi connectivity index (χ0v) is 45.1. The maximum atomic E-state index is 12.9. The fourth-order valence-corrected chi connectivity index (χ4v) is 19.4. The summed E-state index contributed by atoms with van der Waals surface area (Å²) in [5, 5.41) is 6.13. The Hall–Kier alpha value is -2.28. The zero-order chi connectivity index (χ0) is 50.0. The van der Waals surface area contributed by atoms with E-state index in [-0.39, 0.29) is 57.6 Å². The highest BCUT2D eigenvalue weighted by Crippen LogP contribution is 2.72. The van der Waals surface area contributed by atoms with E-state index in [9.17, 15) is 19.2 Å². The van der Waals surface area contributed by atoms with E-state index in [2.05, 4.69) is 66.0 Å². The van der Waals surface area contributed by atoms with Crippen molar-refractivity contribution in [2.24, 2.45) is 92.7 Å². The molecule has 8 saturated carbocycles. The molecule has 70 heavy (non-hydrogen) atoms. The molecule has 2 spiro atoms. The minimum absolute atomic E-state index is 0.0459. The number of carbonyl (C=O) groups is 4. The molecule has 1 aliphatic heterocycles. The molecule has 18 atom stereocenters. The topological polar surface area (TPSA) is 148 Å². The van der Waals surface area contributed by atoms with Crippen molar-refractivity contribution in [3.05, 3.63) is 0 Å². The number of fused-ring (bicyclic) bond motifs is 10. The number of nitrogens with one attached hydrogen (secondary N) is 2. The third-order valence-electron chi connectivity index (χ3n) is 23.1. The summed E-state index contributed by atoms with van der Waals surface area (Å²) in [5.41, 5.74) is -0.129. The summed E-state index contributed by atoms with van der Waals surface area (Å²) in [6.45, 7) is 23.3. The third-order valence-corrected chi connectivity index (χ3v) is 23.1. The Morgan fingerprint density at radius 2 is 0.929 bits per heavy atom. The molecule has 0 aromatic carbocycles. The van der Waals surface area contributed by atoms with Crippen molar-refractivity contribution in [2.75, 3.05) is 13.1 Å². The Morgan fingerprint density at radius 1 is 0.543 bits per heavy atom. The van der Waals surface area contributed by atoms with Gasteiger partial charge in [0.1, 0.15) is 12.2 Å². The quantitative estimate of drug-likeness (QED) is 0.127. The number of amides is 2. The van der Waals surface area contributed by atoms with Gasteiger partial charge < -0.3 is 20.1 Å². The molecular formula is C58H94N2O10. The van der Waals surface area contributed by atoms with Crippen molar-refractivity contribution in [1.29, 1.82) is 0 Å². The molecule has 396 valence electrons.